The van der Waals surface area contributed by atoms with Crippen LogP contribution >= 0.6 is 0 Å². The van der Waals surface area contributed by atoms with Crippen molar-refractivity contribution in [2.45, 2.75) is 18.9 Å². The number of alkyl halides is 3. The molecule has 1 aromatic carbocycles. The van der Waals surface area contributed by atoms with E-state index >= 15 is 0 Å². The molecule has 0 spiro atoms. The Hall–Kier alpha value is -2.60. The van der Waals surface area contributed by atoms with Gasteiger partial charge in [-0.15, -0.1) is 0 Å². The van der Waals surface area contributed by atoms with Gasteiger partial charge in [0.15, 0.2) is 0 Å². The second-order valence-electron chi connectivity index (χ2n) is 5.27. The minimum Gasteiger partial charge on any atom is -0.365 e. The van der Waals surface area contributed by atoms with E-state index in [1.54, 1.807) is 24.3 Å². The van der Waals surface area contributed by atoms with E-state index in [4.69, 9.17) is 4.74 Å². The van der Waals surface area contributed by atoms with Gasteiger partial charge in [-0.3, -0.25) is 0 Å². The Labute approximate surface area is 137 Å². The molecule has 0 saturated carbocycles. The predicted octanol–water partition coefficient (Wildman–Crippen LogP) is 4.52. The summed E-state index contributed by atoms with van der Waals surface area (Å²) in [5.41, 5.74) is 0.752. The number of halogens is 3. The average Bonchev–Trinajstić information content (AvgIpc) is 2.95. The molecule has 1 aromatic heterocycles. The maximum atomic E-state index is 12.6. The van der Waals surface area contributed by atoms with E-state index in [1.165, 1.54) is 0 Å². The van der Waals surface area contributed by atoms with Gasteiger partial charge in [0.05, 0.1) is 18.9 Å². The van der Waals surface area contributed by atoms with Crippen LogP contribution in [-0.2, 0) is 17.5 Å². The van der Waals surface area contributed by atoms with Crippen LogP contribution in [0.4, 0.5) is 13.2 Å². The quantitative estimate of drug-likeness (QED) is 0.894. The first-order chi connectivity index (χ1) is 11.5. The summed E-state index contributed by atoms with van der Waals surface area (Å²) in [6, 6.07) is 9.74. The van der Waals surface area contributed by atoms with Gasteiger partial charge in [0.25, 0.3) is 0 Å². The lowest BCUT2D eigenvalue weighted by Gasteiger charge is -2.09. The SMILES string of the molecule is FC(F)(F)c1cnc(C2=CC=CC(OCc3ccccc3)C=C2)[nH]1. The number of aromatic amines is 1. The van der Waals surface area contributed by atoms with Gasteiger partial charge in [-0.2, -0.15) is 13.2 Å². The van der Waals surface area contributed by atoms with E-state index in [0.717, 1.165) is 11.8 Å². The van der Waals surface area contributed by atoms with Crippen LogP contribution in [0.25, 0.3) is 5.57 Å². The molecule has 0 radical (unpaired) electrons. The van der Waals surface area contributed by atoms with Crippen molar-refractivity contribution in [3.05, 3.63) is 84.0 Å². The lowest BCUT2D eigenvalue weighted by Crippen LogP contribution is -2.06. The van der Waals surface area contributed by atoms with Gasteiger partial charge in [0.1, 0.15) is 11.5 Å². The lowest BCUT2D eigenvalue weighted by molar-refractivity contribution is -0.140. The minimum absolute atomic E-state index is 0.173. The molecule has 24 heavy (non-hydrogen) atoms. The average molecular weight is 332 g/mol. The second-order valence-corrected chi connectivity index (χ2v) is 5.27. The number of hydrogen-bond acceptors (Lipinski definition) is 2. The molecule has 2 aromatic rings. The Morgan fingerprint density at radius 1 is 1.12 bits per heavy atom. The summed E-state index contributed by atoms with van der Waals surface area (Å²) in [6.45, 7) is 0.453. The number of allylic oxidation sites excluding steroid dienone is 4. The summed E-state index contributed by atoms with van der Waals surface area (Å²) < 4.78 is 43.7. The smallest absolute Gasteiger partial charge is 0.365 e. The number of H-pyrrole nitrogens is 1. The highest BCUT2D eigenvalue weighted by Crippen LogP contribution is 2.29. The number of rotatable bonds is 4. The summed E-state index contributed by atoms with van der Waals surface area (Å²) in [7, 11) is 0. The minimum atomic E-state index is -4.43. The van der Waals surface area contributed by atoms with Crippen molar-refractivity contribution in [1.29, 1.82) is 0 Å². The van der Waals surface area contributed by atoms with Gasteiger partial charge in [0.2, 0.25) is 0 Å². The van der Waals surface area contributed by atoms with Crippen LogP contribution in [0.5, 0.6) is 0 Å². The van der Waals surface area contributed by atoms with E-state index in [0.29, 0.717) is 12.2 Å². The number of aromatic nitrogens is 2. The maximum Gasteiger partial charge on any atom is 0.432 e. The molecule has 0 aliphatic heterocycles. The highest BCUT2D eigenvalue weighted by atomic mass is 19.4. The summed E-state index contributed by atoms with van der Waals surface area (Å²) >= 11 is 0. The molecular formula is C18H15F3N2O. The molecule has 1 atom stereocenters. The fourth-order valence-corrected chi connectivity index (χ4v) is 2.23. The highest BCUT2D eigenvalue weighted by molar-refractivity contribution is 5.72. The Balaban J connectivity index is 1.66. The zero-order valence-electron chi connectivity index (χ0n) is 12.6. The maximum absolute atomic E-state index is 12.6. The number of ether oxygens (including phenoxy) is 1. The van der Waals surface area contributed by atoms with Gasteiger partial charge in [-0.05, 0) is 5.56 Å². The van der Waals surface area contributed by atoms with E-state index in [9.17, 15) is 13.2 Å². The van der Waals surface area contributed by atoms with Crippen molar-refractivity contribution < 1.29 is 17.9 Å². The Morgan fingerprint density at radius 2 is 1.92 bits per heavy atom. The largest absolute Gasteiger partial charge is 0.432 e. The van der Waals surface area contributed by atoms with Crippen LogP contribution < -0.4 is 0 Å². The van der Waals surface area contributed by atoms with E-state index in [1.807, 2.05) is 36.4 Å². The van der Waals surface area contributed by atoms with Gasteiger partial charge >= 0.3 is 6.18 Å². The number of hydrogen-bond donors (Lipinski definition) is 1. The van der Waals surface area contributed by atoms with Gasteiger partial charge in [-0.1, -0.05) is 60.7 Å². The van der Waals surface area contributed by atoms with Crippen molar-refractivity contribution in [2.75, 3.05) is 0 Å². The zero-order valence-corrected chi connectivity index (χ0v) is 12.6. The Bertz CT molecular complexity index is 773. The number of nitrogens with zero attached hydrogens (tertiary/aromatic N) is 1. The van der Waals surface area contributed by atoms with E-state index in [-0.39, 0.29) is 11.9 Å². The fraction of sp³-hybridized carbons (Fsp3) is 0.167. The molecule has 0 saturated heterocycles. The first-order valence-corrected chi connectivity index (χ1v) is 7.37. The fourth-order valence-electron chi connectivity index (χ4n) is 2.23. The summed E-state index contributed by atoms with van der Waals surface area (Å²) in [6.07, 6.45) is 4.88. The van der Waals surface area contributed by atoms with Crippen molar-refractivity contribution in [2.24, 2.45) is 0 Å². The molecule has 3 rings (SSSR count). The number of imidazole rings is 1. The third-order valence-electron chi connectivity index (χ3n) is 3.48. The molecule has 1 aliphatic carbocycles. The molecule has 3 nitrogen and oxygen atoms in total. The third kappa shape index (κ3) is 4.02. The summed E-state index contributed by atoms with van der Waals surface area (Å²) in [5, 5.41) is 0. The molecule has 0 bridgehead atoms. The van der Waals surface area contributed by atoms with Crippen molar-refractivity contribution in [3.63, 3.8) is 0 Å². The molecule has 0 amide bonds. The molecule has 1 aliphatic rings. The van der Waals surface area contributed by atoms with Gasteiger partial charge < -0.3 is 9.72 Å². The predicted molar refractivity (Wildman–Crippen MR) is 84.9 cm³/mol. The monoisotopic (exact) mass is 332 g/mol. The summed E-state index contributed by atoms with van der Waals surface area (Å²) in [5.74, 6) is 0.173. The zero-order chi connectivity index (χ0) is 17.0. The molecular weight excluding hydrogens is 317 g/mol. The molecule has 1 unspecified atom stereocenters. The van der Waals surface area contributed by atoms with Crippen molar-refractivity contribution in [3.8, 4) is 0 Å². The van der Waals surface area contributed by atoms with Crippen LogP contribution in [0, 0.1) is 0 Å². The van der Waals surface area contributed by atoms with Gasteiger partial charge in [0, 0.05) is 5.57 Å². The lowest BCUT2D eigenvalue weighted by atomic mass is 10.2. The summed E-state index contributed by atoms with van der Waals surface area (Å²) in [4.78, 5) is 6.09. The van der Waals surface area contributed by atoms with Crippen LogP contribution in [0.2, 0.25) is 0 Å². The van der Waals surface area contributed by atoms with Crippen LogP contribution in [0.1, 0.15) is 17.1 Å². The van der Waals surface area contributed by atoms with E-state index < -0.39 is 11.9 Å². The number of benzene rings is 1. The molecule has 6 heteroatoms. The van der Waals surface area contributed by atoms with Crippen LogP contribution in [0.3, 0.4) is 0 Å². The Kier molecular flexibility index (Phi) is 4.66. The van der Waals surface area contributed by atoms with E-state index in [2.05, 4.69) is 9.97 Å². The van der Waals surface area contributed by atoms with Crippen molar-refractivity contribution in [1.82, 2.24) is 9.97 Å². The third-order valence-corrected chi connectivity index (χ3v) is 3.48. The second kappa shape index (κ2) is 6.88. The molecule has 124 valence electrons. The van der Waals surface area contributed by atoms with Gasteiger partial charge in [-0.25, -0.2) is 4.98 Å². The normalized spacial score (nSPS) is 17.6. The molecule has 1 N–H and O–H groups in total. The standard InChI is InChI=1S/C18H15F3N2O/c19-18(20,21)16-11-22-17(23-16)14-7-4-8-15(10-9-14)24-12-13-5-2-1-3-6-13/h1-11,15H,12H2,(H,22,23). The first kappa shape index (κ1) is 16.3. The topological polar surface area (TPSA) is 37.9 Å². The first-order valence-electron chi connectivity index (χ1n) is 7.37. The Morgan fingerprint density at radius 3 is 2.62 bits per heavy atom. The van der Waals surface area contributed by atoms with Crippen LogP contribution in [0.15, 0.2) is 66.9 Å². The number of nitrogens with one attached hydrogen (secondary N) is 1. The van der Waals surface area contributed by atoms with Crippen molar-refractivity contribution >= 4 is 5.57 Å². The highest BCUT2D eigenvalue weighted by Gasteiger charge is 2.33. The molecule has 0 fully saturated rings. The molecule has 1 heterocycles. The van der Waals surface area contributed by atoms with Crippen LogP contribution in [-0.4, -0.2) is 16.1 Å².